The molecular weight excluding hydrogens is 873 g/mol. The Morgan fingerprint density at radius 3 is 1.69 bits per heavy atom. The summed E-state index contributed by atoms with van der Waals surface area (Å²) in [5.74, 6) is 0.540. The summed E-state index contributed by atoms with van der Waals surface area (Å²) < 4.78 is 142. The zero-order valence-corrected chi connectivity index (χ0v) is 38.2. The highest BCUT2D eigenvalue weighted by atomic mass is 28.3. The van der Waals surface area contributed by atoms with Crippen molar-refractivity contribution in [2.75, 3.05) is 0 Å². The van der Waals surface area contributed by atoms with Gasteiger partial charge in [-0.3, -0.25) is 8.97 Å². The molecule has 0 unspecified atom stereocenters. The van der Waals surface area contributed by atoms with Crippen LogP contribution in [0.15, 0.2) is 176 Å². The fourth-order valence-corrected chi connectivity index (χ4v) is 14.4. The van der Waals surface area contributed by atoms with E-state index in [9.17, 15) is 5.48 Å². The highest BCUT2D eigenvalue weighted by molar-refractivity contribution is 7.20. The van der Waals surface area contributed by atoms with Crippen molar-refractivity contribution >= 4 is 56.7 Å². The Labute approximate surface area is 392 Å². The van der Waals surface area contributed by atoms with Crippen molar-refractivity contribution < 1.29 is 36.6 Å². The van der Waals surface area contributed by atoms with E-state index in [4.69, 9.17) is 9.72 Å². The molecule has 0 radical (unpaired) electrons. The molecule has 67 heavy (non-hydrogen) atoms. The van der Waals surface area contributed by atoms with Gasteiger partial charge in [0.2, 0.25) is 5.78 Å². The van der Waals surface area contributed by atoms with Crippen LogP contribution < -0.4 is 25.5 Å². The van der Waals surface area contributed by atoms with Crippen molar-refractivity contribution in [2.45, 2.75) is 71.1 Å². The monoisotopic (exact) mass is 925 g/mol. The molecule has 1 aliphatic heterocycles. The fraction of sp³-hybridized carbons (Fsp3) is 0.232. The van der Waals surface area contributed by atoms with Gasteiger partial charge in [-0.1, -0.05) is 161 Å². The molecule has 2 aromatic heterocycles. The number of benzene rings is 7. The molecule has 7 aromatic carbocycles. The van der Waals surface area contributed by atoms with Gasteiger partial charge < -0.3 is 4.74 Å². The van der Waals surface area contributed by atoms with E-state index < -0.39 is 62.3 Å². The first-order valence-electron chi connectivity index (χ1n) is 24.1. The first-order chi connectivity index (χ1) is 33.5. The van der Waals surface area contributed by atoms with Crippen LogP contribution in [0.25, 0.3) is 33.5 Å². The second-order valence-electron chi connectivity index (χ2n) is 18.6. The predicted molar refractivity (Wildman–Crippen MR) is 259 cm³/mol. The number of rotatable bonds is 11. The Balaban J connectivity index is 1.34. The van der Waals surface area contributed by atoms with Crippen LogP contribution in [0.1, 0.15) is 69.9 Å². The molecule has 0 atom stereocenters. The second kappa shape index (κ2) is 16.0. The molecule has 0 N–H and O–H groups in total. The highest BCUT2D eigenvalue weighted by Gasteiger charge is 2.54. The Bertz CT molecular complexity index is 3400. The topological polar surface area (TPSA) is 31.5 Å². The van der Waals surface area contributed by atoms with E-state index in [2.05, 4.69) is 15.0 Å². The second-order valence-corrected chi connectivity index (χ2v) is 22.4. The van der Waals surface area contributed by atoms with Crippen LogP contribution >= 0.6 is 0 Å². The number of fused-ring (bicyclic) bond motifs is 7. The van der Waals surface area contributed by atoms with Crippen molar-refractivity contribution in [2.24, 2.45) is 10.8 Å². The van der Waals surface area contributed by atoms with Crippen LogP contribution in [0.4, 0.5) is 26.3 Å². The van der Waals surface area contributed by atoms with E-state index in [-0.39, 0.29) is 22.6 Å². The predicted octanol–water partition coefficient (Wildman–Crippen LogP) is 12.9. The van der Waals surface area contributed by atoms with Gasteiger partial charge in [0, 0.05) is 27.7 Å². The molecule has 11 heteroatoms. The summed E-state index contributed by atoms with van der Waals surface area (Å²) in [4.78, 5) is 5.12. The number of halogens is 6. The van der Waals surface area contributed by atoms with Crippen molar-refractivity contribution in [1.82, 2.24) is 14.0 Å². The van der Waals surface area contributed by atoms with Crippen LogP contribution in [0.2, 0.25) is 0 Å². The molecule has 0 spiro atoms. The van der Waals surface area contributed by atoms with Gasteiger partial charge in [0.1, 0.15) is 11.5 Å². The lowest BCUT2D eigenvalue weighted by atomic mass is 9.63. The largest absolute Gasteiger partial charge is 0.457 e. The Morgan fingerprint density at radius 2 is 1.06 bits per heavy atom. The Kier molecular flexibility index (Phi) is 9.47. The molecule has 0 bridgehead atoms. The zero-order valence-electron chi connectivity index (χ0n) is 41.2. The number of aromatic nitrogens is 3. The number of imidazole rings is 2. The average Bonchev–Trinajstić information content (AvgIpc) is 3.85. The van der Waals surface area contributed by atoms with Crippen LogP contribution in [0.5, 0.6) is 11.5 Å². The summed E-state index contributed by atoms with van der Waals surface area (Å²) in [7, 11) is -3.92. The minimum absolute atomic E-state index is 0.0355. The lowest BCUT2D eigenvalue weighted by Crippen LogP contribution is -2.75. The van der Waals surface area contributed by atoms with E-state index in [0.717, 1.165) is 71.0 Å². The van der Waals surface area contributed by atoms with Gasteiger partial charge in [0.15, 0.2) is 8.07 Å². The molecule has 1 aliphatic rings. The minimum Gasteiger partial charge on any atom is -0.457 e. The van der Waals surface area contributed by atoms with Crippen LogP contribution in [0.3, 0.4) is 0 Å². The summed E-state index contributed by atoms with van der Waals surface area (Å²) >= 11 is 0. The van der Waals surface area contributed by atoms with Crippen LogP contribution in [-0.4, -0.2) is 34.4 Å². The molecule has 3 heterocycles. The number of hydrogen-bond donors (Lipinski definition) is 0. The fourth-order valence-electron chi connectivity index (χ4n) is 9.54. The van der Waals surface area contributed by atoms with Gasteiger partial charge in [-0.15, -0.1) is 0 Å². The summed E-state index contributed by atoms with van der Waals surface area (Å²) in [5, 5.41) is 2.92. The molecule has 0 amide bonds. The number of nitrogens with zero attached hydrogens (tertiary/aromatic N) is 3. The van der Waals surface area contributed by atoms with Gasteiger partial charge in [0.25, 0.3) is 0 Å². The zero-order chi connectivity index (χ0) is 50.6. The Morgan fingerprint density at radius 1 is 0.552 bits per heavy atom. The summed E-state index contributed by atoms with van der Waals surface area (Å²) in [5.41, 5.74) is -4.51. The third-order valence-corrected chi connectivity index (χ3v) is 18.3. The number of ether oxygens (including phenoxy) is 1. The molecule has 9 aromatic rings. The van der Waals surface area contributed by atoms with E-state index >= 15 is 26.3 Å². The quantitative estimate of drug-likeness (QED) is 0.0735. The number of alkyl halides is 6. The maximum atomic E-state index is 15.1. The first kappa shape index (κ1) is 39.6. The normalized spacial score (nSPS) is 15.6. The molecule has 0 saturated heterocycles. The summed E-state index contributed by atoms with van der Waals surface area (Å²) in [6.45, 7) is 3.33. The third kappa shape index (κ3) is 7.07. The Hall–Kier alpha value is -6.59. The van der Waals surface area contributed by atoms with Crippen molar-refractivity contribution in [3.8, 4) is 17.2 Å². The van der Waals surface area contributed by atoms with Gasteiger partial charge in [0.05, 0.1) is 32.9 Å². The molecule has 0 aliphatic carbocycles. The molecule has 0 fully saturated rings. The smallest absolute Gasteiger partial charge is 0.393 e. The maximum Gasteiger partial charge on any atom is 0.393 e. The lowest BCUT2D eigenvalue weighted by molar-refractivity contribution is -0.216. The SMILES string of the molecule is [2H]C([2H])(CC(C)(C)C(F)(F)F)C1(C([2H])([2H])CC(C)(C)C(F)(F)F)c2ccccc2Oc2c1cccc2[Si](c1ccccc1)(c1ccccc1)c1cccc(-n2c3ccccc3n3c4ccccc4nc23)c1. The molecule has 340 valence electrons. The molecular formula is C56H49F6N3OSi. The summed E-state index contributed by atoms with van der Waals surface area (Å²) in [6, 6.07) is 53.9. The lowest BCUT2D eigenvalue weighted by Gasteiger charge is -2.46. The van der Waals surface area contributed by atoms with Crippen molar-refractivity contribution in [3.63, 3.8) is 0 Å². The van der Waals surface area contributed by atoms with E-state index in [0.29, 0.717) is 11.0 Å². The van der Waals surface area contributed by atoms with E-state index in [1.807, 2.05) is 133 Å². The number of hydrogen-bond acceptors (Lipinski definition) is 2. The van der Waals surface area contributed by atoms with E-state index in [1.165, 1.54) is 24.3 Å². The highest BCUT2D eigenvalue weighted by Crippen LogP contribution is 2.57. The minimum atomic E-state index is -4.98. The molecule has 10 rings (SSSR count). The molecule has 4 nitrogen and oxygen atoms in total. The van der Waals surface area contributed by atoms with Crippen molar-refractivity contribution in [1.29, 1.82) is 0 Å². The van der Waals surface area contributed by atoms with Gasteiger partial charge in [-0.25, -0.2) is 4.98 Å². The van der Waals surface area contributed by atoms with Gasteiger partial charge >= 0.3 is 12.4 Å². The van der Waals surface area contributed by atoms with Gasteiger partial charge in [-0.2, -0.15) is 26.3 Å². The molecule has 0 saturated carbocycles. The third-order valence-electron chi connectivity index (χ3n) is 13.5. The van der Waals surface area contributed by atoms with E-state index in [1.54, 1.807) is 12.1 Å². The maximum absolute atomic E-state index is 15.1. The van der Waals surface area contributed by atoms with Gasteiger partial charge in [-0.05, 0) is 88.8 Å². The summed E-state index contributed by atoms with van der Waals surface area (Å²) in [6.07, 6.45) is -19.1. The van der Waals surface area contributed by atoms with Crippen LogP contribution in [-0.2, 0) is 5.41 Å². The standard InChI is InChI=1S/C56H49F6N3OSi/c1-52(2,55(57,58)59)33-35-54(36-34-53(3,4)56(60,61)62)42-25-11-16-31-48(42)66-50-43(54)26-18-32-49(50)67(39-20-7-5-8-21-39,40-22-9-6-10-23-40)41-24-17-19-38(37-41)64-46-29-14-15-30-47(46)65-45-28-13-12-27-44(45)63-51(64)65/h5-32,37H,33-36H2,1-4H3/i35D2,36D2. The van der Waals surface area contributed by atoms with Crippen molar-refractivity contribution in [3.05, 3.63) is 187 Å². The first-order valence-corrected chi connectivity index (χ1v) is 24.1. The van der Waals surface area contributed by atoms with Crippen LogP contribution in [0, 0.1) is 10.8 Å². The average molecular weight is 926 g/mol. The number of para-hydroxylation sites is 6.